The molecule has 0 atom stereocenters. The summed E-state index contributed by atoms with van der Waals surface area (Å²) in [5, 5.41) is 53.4. The molecule has 480 valence electrons. The van der Waals surface area contributed by atoms with Gasteiger partial charge in [0.1, 0.15) is 11.4 Å². The molecule has 0 radical (unpaired) electrons. The first-order chi connectivity index (χ1) is 43.8. The predicted octanol–water partition coefficient (Wildman–Crippen LogP) is 0.837. The van der Waals surface area contributed by atoms with Crippen LogP contribution in [0.5, 0.6) is 0 Å². The van der Waals surface area contributed by atoms with Gasteiger partial charge in [-0.15, -0.1) is 10.2 Å². The van der Waals surface area contributed by atoms with Crippen LogP contribution >= 0.6 is 0 Å². The summed E-state index contributed by atoms with van der Waals surface area (Å²) in [6.07, 6.45) is 3.01. The fourth-order valence-electron chi connectivity index (χ4n) is 7.95. The number of benzene rings is 4. The highest BCUT2D eigenvalue weighted by Gasteiger charge is 2.21. The number of imide groups is 4. The Labute approximate surface area is 514 Å². The molecule has 4 aromatic carbocycles. The predicted molar refractivity (Wildman–Crippen MR) is 313 cm³/mol. The Hall–Kier alpha value is -9.48. The van der Waals surface area contributed by atoms with Gasteiger partial charge in [0.15, 0.2) is 0 Å². The van der Waals surface area contributed by atoms with Crippen molar-refractivity contribution >= 4 is 47.8 Å². The molecule has 32 nitrogen and oxygen atoms in total. The van der Waals surface area contributed by atoms with E-state index in [9.17, 15) is 38.4 Å². The normalized spacial score (nSPS) is 14.0. The molecule has 90 heavy (non-hydrogen) atoms. The Morgan fingerprint density at radius 1 is 0.344 bits per heavy atom. The van der Waals surface area contributed by atoms with E-state index in [-0.39, 0.29) is 126 Å². The van der Waals surface area contributed by atoms with Gasteiger partial charge in [0.05, 0.1) is 143 Å². The minimum Gasteiger partial charge on any atom is -0.394 e. The third kappa shape index (κ3) is 23.9. The van der Waals surface area contributed by atoms with Crippen LogP contribution in [0.4, 0.5) is 19.2 Å². The Morgan fingerprint density at radius 3 is 0.844 bits per heavy atom. The van der Waals surface area contributed by atoms with Crippen LogP contribution in [0.25, 0.3) is 11.4 Å². The van der Waals surface area contributed by atoms with Gasteiger partial charge in [-0.05, 0) is 58.7 Å². The van der Waals surface area contributed by atoms with Gasteiger partial charge in [0.25, 0.3) is 23.6 Å². The lowest BCUT2D eigenvalue weighted by Crippen LogP contribution is -2.40. The summed E-state index contributed by atoms with van der Waals surface area (Å²) in [7, 11) is 0. The minimum atomic E-state index is -0.907. The van der Waals surface area contributed by atoms with Crippen molar-refractivity contribution in [3.63, 3.8) is 0 Å². The van der Waals surface area contributed by atoms with E-state index in [2.05, 4.69) is 63.2 Å². The molecule has 2 aromatic heterocycles. The lowest BCUT2D eigenvalue weighted by molar-refractivity contribution is -0.00771. The molecule has 10 N–H and O–H groups in total. The number of aliphatic hydroxyl groups is 2. The van der Waals surface area contributed by atoms with Gasteiger partial charge < -0.3 is 69.4 Å². The molecule has 10 rings (SSSR count). The van der Waals surface area contributed by atoms with Crippen molar-refractivity contribution in [2.45, 2.75) is 39.4 Å². The molecule has 0 unspecified atom stereocenters. The maximum atomic E-state index is 13.7. The molecular formula is C58H70N14O18. The lowest BCUT2D eigenvalue weighted by atomic mass is 10.1. The summed E-state index contributed by atoms with van der Waals surface area (Å²) in [4.78, 5) is 107. The van der Waals surface area contributed by atoms with Crippen molar-refractivity contribution in [2.75, 3.05) is 106 Å². The molecule has 0 aliphatic carbocycles. The summed E-state index contributed by atoms with van der Waals surface area (Å²) in [5.41, 5.74) is 2.88. The Kier molecular flexibility index (Phi) is 28.3. The average Bonchev–Trinajstić information content (AvgIpc) is 1.99. The molecule has 32 heteroatoms. The van der Waals surface area contributed by atoms with Crippen LogP contribution in [0, 0.1) is 0 Å². The SMILES string of the molecule is O=C1NCc2ccc(cc2)CNC(=O)NC(=O)c2cc(cc(-n3cc(COCCOCCOCCOCCO)nn3)c2)C(=O)NC(=O)NCc2ccc(cc2)CNC(=O)NC(=O)c2cc(cc(-n3cc(COCCOCCOCCOCCO)nn3)c2)C(=O)N1. The molecule has 8 bridgehead atoms. The van der Waals surface area contributed by atoms with Crippen molar-refractivity contribution in [3.05, 3.63) is 153 Å². The van der Waals surface area contributed by atoms with E-state index in [0.717, 1.165) is 0 Å². The number of amides is 12. The number of carbonyl (C=O) groups excluding carboxylic acids is 8. The summed E-state index contributed by atoms with van der Waals surface area (Å²) >= 11 is 0. The molecule has 4 aliphatic heterocycles. The van der Waals surface area contributed by atoms with Crippen molar-refractivity contribution in [3.8, 4) is 11.4 Å². The first kappa shape index (κ1) is 68.0. The second-order valence-corrected chi connectivity index (χ2v) is 19.3. The summed E-state index contributed by atoms with van der Waals surface area (Å²) < 4.78 is 46.0. The highest BCUT2D eigenvalue weighted by Crippen LogP contribution is 2.18. The quantitative estimate of drug-likeness (QED) is 0.0304. The molecule has 0 saturated carbocycles. The number of carbonyl (C=O) groups is 8. The van der Waals surface area contributed by atoms with Crippen LogP contribution in [-0.4, -0.2) is 194 Å². The van der Waals surface area contributed by atoms with E-state index < -0.39 is 47.8 Å². The summed E-state index contributed by atoms with van der Waals surface area (Å²) in [6.45, 7) is 3.95. The number of aliphatic hydroxyl groups excluding tert-OH is 2. The van der Waals surface area contributed by atoms with E-state index >= 15 is 0 Å². The average molecular weight is 1250 g/mol. The van der Waals surface area contributed by atoms with Crippen LogP contribution in [0.1, 0.15) is 75.1 Å². The zero-order chi connectivity index (χ0) is 63.7. The van der Waals surface area contributed by atoms with E-state index in [1.54, 1.807) is 48.5 Å². The van der Waals surface area contributed by atoms with Crippen LogP contribution in [0.2, 0.25) is 0 Å². The second kappa shape index (κ2) is 37.4. The van der Waals surface area contributed by atoms with Crippen LogP contribution < -0.4 is 42.5 Å². The van der Waals surface area contributed by atoms with E-state index in [0.29, 0.717) is 86.5 Å². The van der Waals surface area contributed by atoms with Gasteiger partial charge in [-0.3, -0.25) is 40.4 Å². The molecule has 0 fully saturated rings. The highest BCUT2D eigenvalue weighted by atomic mass is 16.6. The van der Waals surface area contributed by atoms with E-state index in [1.165, 1.54) is 58.2 Å². The third-order valence-electron chi connectivity index (χ3n) is 12.5. The molecule has 0 spiro atoms. The second-order valence-electron chi connectivity index (χ2n) is 19.3. The van der Waals surface area contributed by atoms with E-state index in [1.807, 2.05) is 0 Å². The molecule has 6 heterocycles. The first-order valence-corrected chi connectivity index (χ1v) is 28.3. The van der Waals surface area contributed by atoms with Gasteiger partial charge in [-0.25, -0.2) is 28.5 Å². The van der Waals surface area contributed by atoms with Gasteiger partial charge in [-0.1, -0.05) is 59.0 Å². The maximum Gasteiger partial charge on any atom is 0.321 e. The van der Waals surface area contributed by atoms with Crippen molar-refractivity contribution in [1.29, 1.82) is 0 Å². The largest absolute Gasteiger partial charge is 0.394 e. The smallest absolute Gasteiger partial charge is 0.321 e. The molecule has 12 amide bonds. The fraction of sp³-hybridized carbons (Fsp3) is 0.379. The highest BCUT2D eigenvalue weighted by molar-refractivity contribution is 6.10. The topological polar surface area (TPSA) is 409 Å². The van der Waals surface area contributed by atoms with Crippen molar-refractivity contribution < 1.29 is 86.5 Å². The first-order valence-electron chi connectivity index (χ1n) is 28.3. The molecular weight excluding hydrogens is 1180 g/mol. The number of aromatic nitrogens is 6. The maximum absolute atomic E-state index is 13.7. The number of hydrogen-bond acceptors (Lipinski definition) is 22. The van der Waals surface area contributed by atoms with Gasteiger partial charge >= 0.3 is 24.1 Å². The number of ether oxygens (including phenoxy) is 8. The number of nitrogens with one attached hydrogen (secondary N) is 8. The standard InChI is InChI=1S/C58H70N14O18/c73-9-11-83-13-15-85-17-19-87-21-23-89-37-47-35-71(69-67-47)49-27-43-25-45(29-49)53(77)65-57(81)61-33-41-5-7-42(8-6-41)34-62-58(82)66-54(78)46-26-44(52(76)64-56(80)60-32-40-2-1-39(3-4-40)31-59-55(79)63-51(43)75)28-50(30-46)72-36-48(68-70-72)38-90-24-22-88-20-18-86-16-14-84-12-10-74/h1-8,25-30,35-36,73-74H,9-24,31-34,37-38H2,(H2,59,63,75,79)(H2,60,64,76,80)(H2,61,65,77,81)(H2,62,66,78,82). The number of hydrogen-bond donors (Lipinski definition) is 10. The van der Waals surface area contributed by atoms with Crippen molar-refractivity contribution in [2.24, 2.45) is 0 Å². The van der Waals surface area contributed by atoms with Gasteiger partial charge in [0.2, 0.25) is 0 Å². The number of nitrogens with zero attached hydrogens (tertiary/aromatic N) is 6. The molecule has 4 aliphatic rings. The Bertz CT molecular complexity index is 2970. The minimum absolute atomic E-state index is 0.0295. The lowest BCUT2D eigenvalue weighted by Gasteiger charge is -2.12. The summed E-state index contributed by atoms with van der Waals surface area (Å²) in [6, 6.07) is 17.5. The van der Waals surface area contributed by atoms with Crippen molar-refractivity contribution in [1.82, 2.24) is 72.5 Å². The van der Waals surface area contributed by atoms with Crippen LogP contribution in [0.15, 0.2) is 97.3 Å². The number of rotatable bonds is 28. The zero-order valence-electron chi connectivity index (χ0n) is 48.9. The Balaban J connectivity index is 0.991. The monoisotopic (exact) mass is 1250 g/mol. The van der Waals surface area contributed by atoms with Crippen LogP contribution in [0.3, 0.4) is 0 Å². The third-order valence-corrected chi connectivity index (χ3v) is 12.5. The fourth-order valence-corrected chi connectivity index (χ4v) is 7.95. The van der Waals surface area contributed by atoms with Gasteiger partial charge in [0, 0.05) is 48.4 Å². The molecule has 6 aromatic rings. The Morgan fingerprint density at radius 2 is 0.589 bits per heavy atom. The summed E-state index contributed by atoms with van der Waals surface area (Å²) in [5.74, 6) is -3.63. The van der Waals surface area contributed by atoms with Crippen LogP contribution in [-0.2, 0) is 77.3 Å². The number of urea groups is 4. The van der Waals surface area contributed by atoms with E-state index in [4.69, 9.17) is 48.1 Å². The zero-order valence-corrected chi connectivity index (χ0v) is 48.9. The van der Waals surface area contributed by atoms with Gasteiger partial charge in [-0.2, -0.15) is 0 Å². The molecule has 0 saturated heterocycles.